The van der Waals surface area contributed by atoms with E-state index in [1.165, 1.54) is 5.56 Å². The highest BCUT2D eigenvalue weighted by Gasteiger charge is 2.27. The maximum Gasteiger partial charge on any atom is 0.413 e. The molecule has 0 unspecified atom stereocenters. The largest absolute Gasteiger partial charge is 0.444 e. The van der Waals surface area contributed by atoms with Crippen molar-refractivity contribution in [2.24, 2.45) is 14.1 Å². The average molecular weight is 387 g/mol. The minimum Gasteiger partial charge on any atom is -0.444 e. The molecule has 1 aliphatic rings. The summed E-state index contributed by atoms with van der Waals surface area (Å²) in [6, 6.07) is 14.1. The minimum atomic E-state index is -0.496. The number of nitrogens with one attached hydrogen (secondary N) is 1. The Balaban J connectivity index is 1.30. The number of fused-ring (bicyclic) bond motifs is 4. The van der Waals surface area contributed by atoms with E-state index in [0.29, 0.717) is 5.82 Å². The molecule has 0 saturated heterocycles. The van der Waals surface area contributed by atoms with Gasteiger partial charge in [-0.2, -0.15) is 5.10 Å². The monoisotopic (exact) mass is 387 g/mol. The second-order valence-corrected chi connectivity index (χ2v) is 7.38. The number of carbonyl (C=O) groups excluding carboxylic acids is 1. The second-order valence-electron chi connectivity index (χ2n) is 7.38. The number of ether oxygens (including phenoxy) is 1. The van der Waals surface area contributed by atoms with Crippen LogP contribution in [0.15, 0.2) is 42.5 Å². The lowest BCUT2D eigenvalue weighted by Crippen LogP contribution is -2.17. The number of anilines is 1. The van der Waals surface area contributed by atoms with Crippen LogP contribution in [0.4, 0.5) is 10.6 Å². The maximum absolute atomic E-state index is 12.4. The van der Waals surface area contributed by atoms with E-state index in [1.807, 2.05) is 55.9 Å². The van der Waals surface area contributed by atoms with Gasteiger partial charge in [-0.05, 0) is 30.2 Å². The fourth-order valence-electron chi connectivity index (χ4n) is 3.94. The van der Waals surface area contributed by atoms with Crippen LogP contribution in [0, 0.1) is 6.92 Å². The molecular formula is C22H21N5O2. The number of aromatic nitrogens is 4. The quantitative estimate of drug-likeness (QED) is 0.509. The number of amides is 1. The van der Waals surface area contributed by atoms with Gasteiger partial charge >= 0.3 is 6.09 Å². The first-order chi connectivity index (χ1) is 14.0. The Hall–Kier alpha value is -3.61. The number of nitrogens with zero attached hydrogens (tertiary/aromatic N) is 4. The number of hydrogen-bond donors (Lipinski definition) is 1. The van der Waals surface area contributed by atoms with Gasteiger partial charge in [0.05, 0.1) is 16.7 Å². The summed E-state index contributed by atoms with van der Waals surface area (Å²) < 4.78 is 9.19. The Kier molecular flexibility index (Phi) is 3.91. The van der Waals surface area contributed by atoms with Crippen molar-refractivity contribution in [2.45, 2.75) is 20.0 Å². The first kappa shape index (κ1) is 17.5. The zero-order chi connectivity index (χ0) is 20.1. The number of rotatable bonds is 3. The van der Waals surface area contributed by atoms with E-state index in [9.17, 15) is 4.79 Å². The Morgan fingerprint density at radius 3 is 2.90 bits per heavy atom. The van der Waals surface area contributed by atoms with Crippen molar-refractivity contribution in [1.29, 1.82) is 0 Å². The number of hydrogen-bond acceptors (Lipinski definition) is 4. The van der Waals surface area contributed by atoms with Crippen molar-refractivity contribution in [3.05, 3.63) is 65.0 Å². The normalized spacial score (nSPS) is 12.1. The van der Waals surface area contributed by atoms with Crippen LogP contribution in [-0.2, 0) is 31.9 Å². The SMILES string of the molecule is Cc1nc2cc(COC(=O)Nc3c4c(nn3C)-c3ccccc3C4)ccc2n1C. The number of aryl methyl sites for hydroxylation is 3. The third-order valence-electron chi connectivity index (χ3n) is 5.54. The lowest BCUT2D eigenvalue weighted by atomic mass is 10.1. The van der Waals surface area contributed by atoms with E-state index in [1.54, 1.807) is 4.68 Å². The van der Waals surface area contributed by atoms with Gasteiger partial charge in [0.1, 0.15) is 18.2 Å². The first-order valence-corrected chi connectivity index (χ1v) is 9.51. The maximum atomic E-state index is 12.4. The molecule has 146 valence electrons. The molecule has 2 heterocycles. The Bertz CT molecular complexity index is 1270. The van der Waals surface area contributed by atoms with Crippen LogP contribution in [0.3, 0.4) is 0 Å². The van der Waals surface area contributed by atoms with Crippen molar-refractivity contribution >= 4 is 22.9 Å². The summed E-state index contributed by atoms with van der Waals surface area (Å²) in [5.41, 5.74) is 7.15. The molecule has 0 aliphatic heterocycles. The molecule has 0 atom stereocenters. The van der Waals surface area contributed by atoms with Gasteiger partial charge in [0.25, 0.3) is 0 Å². The Morgan fingerprint density at radius 2 is 2.03 bits per heavy atom. The molecular weight excluding hydrogens is 366 g/mol. The van der Waals surface area contributed by atoms with Gasteiger partial charge < -0.3 is 9.30 Å². The summed E-state index contributed by atoms with van der Waals surface area (Å²) in [7, 11) is 3.81. The molecule has 0 radical (unpaired) electrons. The summed E-state index contributed by atoms with van der Waals surface area (Å²) in [6.07, 6.45) is 0.258. The van der Waals surface area contributed by atoms with Crippen molar-refractivity contribution in [3.8, 4) is 11.3 Å². The molecule has 1 N–H and O–H groups in total. The van der Waals surface area contributed by atoms with E-state index in [4.69, 9.17) is 4.74 Å². The summed E-state index contributed by atoms with van der Waals surface area (Å²) in [5.74, 6) is 1.62. The lowest BCUT2D eigenvalue weighted by molar-refractivity contribution is 0.155. The third-order valence-corrected chi connectivity index (χ3v) is 5.54. The summed E-state index contributed by atoms with van der Waals surface area (Å²) in [5, 5.41) is 7.45. The van der Waals surface area contributed by atoms with Gasteiger partial charge in [0, 0.05) is 31.6 Å². The highest BCUT2D eigenvalue weighted by molar-refractivity contribution is 5.88. The second kappa shape index (κ2) is 6.48. The van der Waals surface area contributed by atoms with Crippen LogP contribution in [0.1, 0.15) is 22.5 Å². The topological polar surface area (TPSA) is 74.0 Å². The van der Waals surface area contributed by atoms with Gasteiger partial charge in [-0.3, -0.25) is 10.00 Å². The highest BCUT2D eigenvalue weighted by atomic mass is 16.5. The molecule has 5 rings (SSSR count). The standard InChI is InChI=1S/C22H21N5O2/c1-13-23-18-10-14(8-9-19(18)26(13)2)12-29-22(28)24-21-17-11-15-6-4-5-7-16(15)20(17)25-27(21)3/h4-10H,11-12H2,1-3H3,(H,24,28). The molecule has 0 fully saturated rings. The molecule has 2 aromatic heterocycles. The molecule has 2 aromatic carbocycles. The van der Waals surface area contributed by atoms with Gasteiger partial charge in [-0.1, -0.05) is 30.3 Å². The van der Waals surface area contributed by atoms with Crippen molar-refractivity contribution in [2.75, 3.05) is 5.32 Å². The Labute approximate surface area is 167 Å². The lowest BCUT2D eigenvalue weighted by Gasteiger charge is -2.09. The van der Waals surface area contributed by atoms with Gasteiger partial charge in [0.15, 0.2) is 0 Å². The van der Waals surface area contributed by atoms with Crippen LogP contribution < -0.4 is 5.32 Å². The predicted molar refractivity (Wildman–Crippen MR) is 111 cm³/mol. The van der Waals surface area contributed by atoms with E-state index >= 15 is 0 Å². The van der Waals surface area contributed by atoms with E-state index in [2.05, 4.69) is 27.5 Å². The molecule has 29 heavy (non-hydrogen) atoms. The Morgan fingerprint density at radius 1 is 1.21 bits per heavy atom. The van der Waals surface area contributed by atoms with Gasteiger partial charge in [0.2, 0.25) is 0 Å². The highest BCUT2D eigenvalue weighted by Crippen LogP contribution is 2.39. The number of carbonyl (C=O) groups is 1. The third kappa shape index (κ3) is 2.86. The molecule has 1 amide bonds. The summed E-state index contributed by atoms with van der Waals surface area (Å²) in [4.78, 5) is 17.0. The van der Waals surface area contributed by atoms with Gasteiger partial charge in [-0.25, -0.2) is 9.78 Å². The molecule has 7 nitrogen and oxygen atoms in total. The van der Waals surface area contributed by atoms with Crippen molar-refractivity contribution in [1.82, 2.24) is 19.3 Å². The average Bonchev–Trinajstić information content (AvgIpc) is 3.31. The number of imidazole rings is 1. The summed E-state index contributed by atoms with van der Waals surface area (Å²) >= 11 is 0. The van der Waals surface area contributed by atoms with Crippen molar-refractivity contribution in [3.63, 3.8) is 0 Å². The van der Waals surface area contributed by atoms with Crippen LogP contribution in [0.2, 0.25) is 0 Å². The molecule has 0 spiro atoms. The first-order valence-electron chi connectivity index (χ1n) is 9.51. The van der Waals surface area contributed by atoms with E-state index < -0.39 is 6.09 Å². The van der Waals surface area contributed by atoms with Crippen LogP contribution in [0.5, 0.6) is 0 Å². The van der Waals surface area contributed by atoms with E-state index in [0.717, 1.165) is 45.7 Å². The zero-order valence-corrected chi connectivity index (χ0v) is 16.6. The number of benzene rings is 2. The smallest absolute Gasteiger partial charge is 0.413 e. The fraction of sp³-hybridized carbons (Fsp3) is 0.227. The molecule has 4 aromatic rings. The minimum absolute atomic E-state index is 0.178. The van der Waals surface area contributed by atoms with Gasteiger partial charge in [-0.15, -0.1) is 0 Å². The van der Waals surface area contributed by atoms with Crippen molar-refractivity contribution < 1.29 is 9.53 Å². The fourth-order valence-corrected chi connectivity index (χ4v) is 3.94. The van der Waals surface area contributed by atoms with E-state index in [-0.39, 0.29) is 6.61 Å². The molecule has 0 saturated carbocycles. The van der Waals surface area contributed by atoms with Crippen LogP contribution in [-0.4, -0.2) is 25.4 Å². The summed E-state index contributed by atoms with van der Waals surface area (Å²) in [6.45, 7) is 2.14. The zero-order valence-electron chi connectivity index (χ0n) is 16.6. The van der Waals surface area contributed by atoms with Crippen LogP contribution in [0.25, 0.3) is 22.3 Å². The predicted octanol–water partition coefficient (Wildman–Crippen LogP) is 3.94. The van der Waals surface area contributed by atoms with Crippen LogP contribution >= 0.6 is 0 Å². The molecule has 1 aliphatic carbocycles. The molecule has 0 bridgehead atoms. The molecule has 7 heteroatoms.